The van der Waals surface area contributed by atoms with Crippen molar-refractivity contribution in [1.29, 1.82) is 0 Å². The maximum atomic E-state index is 12.0. The summed E-state index contributed by atoms with van der Waals surface area (Å²) in [4.78, 5) is 169. The van der Waals surface area contributed by atoms with Gasteiger partial charge in [-0.25, -0.2) is 9.59 Å². The molecule has 0 radical (unpaired) electrons. The third-order valence-electron chi connectivity index (χ3n) is 12.2. The number of esters is 3. The Hall–Kier alpha value is -11.3. The van der Waals surface area contributed by atoms with Gasteiger partial charge in [0.1, 0.15) is 31.3 Å². The third kappa shape index (κ3) is 159. The molecule has 2 fully saturated rings. The molecule has 8 unspecified atom stereocenters. The molecule has 0 saturated carbocycles. The Labute approximate surface area is 848 Å². The lowest BCUT2D eigenvalue weighted by Crippen LogP contribution is -2.62. The van der Waals surface area contributed by atoms with Gasteiger partial charge in [-0.05, 0) is 75.0 Å². The fraction of sp³-hybridized carbons (Fsp3) is 0.610. The quantitative estimate of drug-likeness (QED) is 0.00473. The molecule has 0 amide bonds. The first-order valence-electron chi connectivity index (χ1n) is 41.7. The highest BCUT2D eigenvalue weighted by atomic mass is 28.5. The van der Waals surface area contributed by atoms with E-state index in [-0.39, 0.29) is 46.5 Å². The van der Waals surface area contributed by atoms with Crippen molar-refractivity contribution in [3.63, 3.8) is 0 Å². The molecule has 0 aliphatic carbocycles. The zero-order valence-corrected chi connectivity index (χ0v) is 92.3. The Morgan fingerprint density at radius 2 is 0.681 bits per heavy atom. The Balaban J connectivity index is -0.0000000894. The summed E-state index contributed by atoms with van der Waals surface area (Å²) in [6, 6.07) is 15.3. The van der Waals surface area contributed by atoms with E-state index >= 15 is 0 Å². The van der Waals surface area contributed by atoms with Crippen LogP contribution in [-0.2, 0) is 196 Å². The van der Waals surface area contributed by atoms with Crippen molar-refractivity contribution in [3.05, 3.63) is 65.7 Å². The number of epoxide rings is 2. The predicted octanol–water partition coefficient (Wildman–Crippen LogP) is 5.08. The molecule has 0 aromatic heterocycles. The first-order valence-corrected chi connectivity index (χ1v) is 50.6. The topological polar surface area (TPSA) is 806 Å². The highest BCUT2D eigenvalue weighted by Gasteiger charge is 2.56. The second kappa shape index (κ2) is 117. The summed E-state index contributed by atoms with van der Waals surface area (Å²) in [5, 5.41) is 95.4. The number of rotatable bonds is 47. The van der Waals surface area contributed by atoms with E-state index in [1.54, 1.807) is 90.0 Å². The number of methoxy groups -OCH3 is 8. The van der Waals surface area contributed by atoms with E-state index in [2.05, 4.69) is 33.2 Å². The molecule has 4 rings (SSSR count). The van der Waals surface area contributed by atoms with Crippen LogP contribution in [0.5, 0.6) is 11.5 Å². The van der Waals surface area contributed by atoms with Crippen molar-refractivity contribution < 1.29 is 276 Å². The van der Waals surface area contributed by atoms with Gasteiger partial charge in [0, 0.05) is 166 Å². The highest BCUT2D eigenvalue weighted by molar-refractivity contribution is 6.82. The summed E-state index contributed by atoms with van der Waals surface area (Å²) in [7, 11) is 8.56. The highest BCUT2D eigenvalue weighted by Crippen LogP contribution is 2.31. The van der Waals surface area contributed by atoms with Gasteiger partial charge in [0.15, 0.2) is 25.2 Å². The number of carbonyl (C=O) groups excluding carboxylic acids is 9. The molecule has 57 nitrogen and oxygen atoms in total. The lowest BCUT2D eigenvalue weighted by Gasteiger charge is -2.40. The zero-order chi connectivity index (χ0) is 118. The Morgan fingerprint density at radius 1 is 0.403 bits per heavy atom. The molecular weight excluding hydrogens is 2040 g/mol. The van der Waals surface area contributed by atoms with Crippen molar-refractivity contribution in [1.82, 2.24) is 0 Å². The third-order valence-corrected chi connectivity index (χ3v) is 30.2. The molecule has 848 valence electrons. The number of carboxylic acid groups (broad SMARTS) is 9. The van der Waals surface area contributed by atoms with Gasteiger partial charge in [0.05, 0.1) is 102 Å². The monoisotopic (exact) mass is 2200 g/mol. The van der Waals surface area contributed by atoms with Crippen molar-refractivity contribution >= 4 is 160 Å². The van der Waals surface area contributed by atoms with Crippen LogP contribution in [0.2, 0.25) is 43.3 Å². The fourth-order valence-electron chi connectivity index (χ4n) is 6.59. The second-order valence-corrected chi connectivity index (χ2v) is 41.2. The van der Waals surface area contributed by atoms with Crippen LogP contribution in [0, 0.1) is 0 Å². The summed E-state index contributed by atoms with van der Waals surface area (Å²) < 4.78 is 150. The largest absolute Gasteiger partial charge is 0.497 e. The van der Waals surface area contributed by atoms with Crippen LogP contribution in [0.25, 0.3) is 6.08 Å². The Bertz CT molecular complexity index is 3270. The van der Waals surface area contributed by atoms with E-state index in [9.17, 15) is 29.7 Å². The van der Waals surface area contributed by atoms with Gasteiger partial charge in [-0.1, -0.05) is 26.9 Å². The maximum Gasteiger partial charge on any atom is 0.495 e. The minimum Gasteiger partial charge on any atom is -0.497 e. The van der Waals surface area contributed by atoms with E-state index in [0.717, 1.165) is 67.9 Å². The summed E-state index contributed by atoms with van der Waals surface area (Å²) in [5.41, 5.74) is 1.22. The van der Waals surface area contributed by atoms with Crippen LogP contribution in [0.3, 0.4) is 0 Å². The van der Waals surface area contributed by atoms with Crippen molar-refractivity contribution in [2.45, 2.75) is 172 Å². The number of hydrogen-bond donors (Lipinski definition) is 12. The van der Waals surface area contributed by atoms with Gasteiger partial charge in [-0.2, -0.15) is 0 Å². The SMILES string of the molecule is CC(=O)O.CC(=O)O.CC(=O)O.CC(=O)O.CC(=O)O.CC(=O)O.CC(=O)O.CC(=O)O.CC(=O)O.COC(=O)C=Cc1ccc(OC(=O)c2ccc(OC)cc2)cc1.COC=O.COC=O.COC=O.COC=O.COC=O.COC=O.CO[Si](C)(CCOC(C)O)O[Si](CCOC(O)COC(C)=O)(OC)O[Si](CCOC1CO1)(OC)OC.CO[Si](C)(CCOCC(C)O)O[Si](CCOC1CO1)(OC)OC.[2HH].[2H]C.[2H]C. The van der Waals surface area contributed by atoms with Gasteiger partial charge < -0.3 is 185 Å². The maximum absolute atomic E-state index is 12.0. The molecule has 0 bridgehead atoms. The molecule has 2 aliphatic rings. The molecule has 62 heteroatoms. The molecule has 2 aromatic rings. The molecule has 2 aliphatic heterocycles. The minimum absolute atomic E-state index is 0. The summed E-state index contributed by atoms with van der Waals surface area (Å²) >= 11 is 0. The molecular formula is C82H158O57Si5. The number of ether oxygens (including phenoxy) is 17. The normalized spacial score (nSPS) is 12.9. The predicted molar refractivity (Wildman–Crippen MR) is 516 cm³/mol. The van der Waals surface area contributed by atoms with E-state index in [1.807, 2.05) is 13.1 Å². The number of aliphatic carboxylic acids is 9. The number of aliphatic hydroxyl groups is 3. The summed E-state index contributed by atoms with van der Waals surface area (Å²) in [5.74, 6) is -7.84. The van der Waals surface area contributed by atoms with Crippen LogP contribution >= 0.6 is 0 Å². The first-order chi connectivity index (χ1) is 68.0. The second-order valence-electron chi connectivity index (χ2n) is 24.8. The Kier molecular flexibility index (Phi) is 133. The van der Waals surface area contributed by atoms with Crippen LogP contribution in [0.1, 0.15) is 118 Å². The van der Waals surface area contributed by atoms with Crippen LogP contribution in [0.4, 0.5) is 0 Å². The summed E-state index contributed by atoms with van der Waals surface area (Å²) in [6.07, 6.45) is -0.183. The smallest absolute Gasteiger partial charge is 0.495 e. The Morgan fingerprint density at radius 3 is 0.938 bits per heavy atom. The number of hydrogen-bond acceptors (Lipinski definition) is 48. The molecule has 12 N–H and O–H groups in total. The standard InChI is InChI=1S/C19H42O14Si3.C18H16O5.C13H30O8Si2.15C2H4O2.2CH4.H2/c1-16(20)27-8-11-34(7,23-3)32-36(26-6,13-9-28-18(22)14-30-17(2)21)33-35(24-4,25-5)12-10-29-19-15-31-19;1-21-15-10-6-14(7-11-15)18(20)23-16-8-3-13(4-9-16)5-12-17(19)22-2;1-12(14)10-18-6-8-22(5,15-2)21-23(16-3,17-4)9-7-19-13-11-20-13;6*1-4-2-3;9*1-2(3)4;;;/h16,18-20,22H,8-15H2,1-7H3;3-12H,1-2H3;12-14H,6-11H2,1-5H3;6*2H,1H3;9*1H3,(H,3,4);2*1H4;1H/i;;;;;;;;;;;;;;;;;;2*1D;1+1. The van der Waals surface area contributed by atoms with Gasteiger partial charge in [-0.15, -0.1) is 0 Å². The molecule has 144 heavy (non-hydrogen) atoms. The number of aliphatic hydroxyl groups excluding tert-OH is 3. The molecule has 0 spiro atoms. The van der Waals surface area contributed by atoms with Crippen LogP contribution in [-0.4, -0.2) is 413 Å². The van der Waals surface area contributed by atoms with E-state index in [0.29, 0.717) is 113 Å². The van der Waals surface area contributed by atoms with E-state index < -0.39 is 134 Å². The van der Waals surface area contributed by atoms with Crippen LogP contribution < -0.4 is 9.47 Å². The van der Waals surface area contributed by atoms with Gasteiger partial charge in [-0.3, -0.25) is 76.7 Å². The van der Waals surface area contributed by atoms with Crippen molar-refractivity contribution in [2.75, 3.05) is 166 Å². The minimum atomic E-state index is -3.65. The van der Waals surface area contributed by atoms with Crippen molar-refractivity contribution in [3.8, 4) is 11.5 Å². The number of carboxylic acids is 9. The summed E-state index contributed by atoms with van der Waals surface area (Å²) in [6.45, 7) is 22.6. The first kappa shape index (κ1) is 163. The molecule has 2 aromatic carbocycles. The number of benzene rings is 2. The average Bonchev–Trinajstić information content (AvgIpc) is 1.58. The van der Waals surface area contributed by atoms with Crippen LogP contribution in [0.15, 0.2) is 54.6 Å². The van der Waals surface area contributed by atoms with Gasteiger partial charge in [0.2, 0.25) is 0 Å². The average molecular weight is 2200 g/mol. The van der Waals surface area contributed by atoms with Gasteiger partial charge in [0.25, 0.3) is 92.6 Å². The molecule has 8 atom stereocenters. The van der Waals surface area contributed by atoms with E-state index in [4.69, 9.17) is 211 Å². The molecule has 2 saturated heterocycles. The van der Waals surface area contributed by atoms with E-state index in [1.165, 1.54) is 113 Å². The van der Waals surface area contributed by atoms with Crippen molar-refractivity contribution in [2.24, 2.45) is 0 Å². The lowest BCUT2D eigenvalue weighted by atomic mass is 10.2. The molecule has 2 heterocycles. The number of carbonyl (C=O) groups is 18. The lowest BCUT2D eigenvalue weighted by molar-refractivity contribution is -0.163. The zero-order valence-electron chi connectivity index (χ0n) is 89.3. The fourth-order valence-corrected chi connectivity index (χ4v) is 23.3. The van der Waals surface area contributed by atoms with Gasteiger partial charge >= 0.3 is 61.4 Å².